The number of rotatable bonds is 2. The molecule has 0 aliphatic heterocycles. The molecule has 1 saturated carbocycles. The Morgan fingerprint density at radius 1 is 1.43 bits per heavy atom. The van der Waals surface area contributed by atoms with E-state index in [2.05, 4.69) is 39.6 Å². The number of nitrogens with zero attached hydrogens (tertiary/aromatic N) is 1. The minimum absolute atomic E-state index is 0.292. The van der Waals surface area contributed by atoms with Crippen LogP contribution in [-0.2, 0) is 4.79 Å². The second-order valence-corrected chi connectivity index (χ2v) is 5.64. The van der Waals surface area contributed by atoms with Crippen molar-refractivity contribution in [1.29, 1.82) is 0 Å². The molecular weight excluding hydrogens is 174 g/mol. The zero-order valence-corrected chi connectivity index (χ0v) is 10.1. The van der Waals surface area contributed by atoms with Crippen molar-refractivity contribution >= 4 is 5.78 Å². The minimum Gasteiger partial charge on any atom is -0.300 e. The van der Waals surface area contributed by atoms with E-state index in [0.717, 1.165) is 19.3 Å². The standard InChI is InChI=1S/C12H23NO/c1-9(12(2,3)4)13(5)10-6-7-11(14)8-10/h9-10H,6-8H2,1-5H3. The zero-order valence-electron chi connectivity index (χ0n) is 10.1. The molecule has 0 N–H and O–H groups in total. The Morgan fingerprint density at radius 2 is 2.00 bits per heavy atom. The maximum Gasteiger partial charge on any atom is 0.134 e. The fourth-order valence-electron chi connectivity index (χ4n) is 2.07. The number of carbonyl (C=O) groups is 1. The van der Waals surface area contributed by atoms with Gasteiger partial charge in [-0.2, -0.15) is 0 Å². The Bertz CT molecular complexity index is 217. The second-order valence-electron chi connectivity index (χ2n) is 5.64. The topological polar surface area (TPSA) is 20.3 Å². The molecule has 0 spiro atoms. The second kappa shape index (κ2) is 4.01. The molecule has 2 atom stereocenters. The Kier molecular flexibility index (Phi) is 3.36. The summed E-state index contributed by atoms with van der Waals surface area (Å²) in [4.78, 5) is 13.6. The first kappa shape index (κ1) is 11.7. The molecular formula is C12H23NO. The molecule has 0 radical (unpaired) electrons. The molecule has 0 bridgehead atoms. The molecule has 1 aliphatic rings. The van der Waals surface area contributed by atoms with Gasteiger partial charge in [0.15, 0.2) is 0 Å². The molecule has 1 rings (SSSR count). The molecule has 2 heteroatoms. The first-order valence-electron chi connectivity index (χ1n) is 5.56. The quantitative estimate of drug-likeness (QED) is 0.678. The van der Waals surface area contributed by atoms with Crippen molar-refractivity contribution in [3.05, 3.63) is 0 Å². The highest BCUT2D eigenvalue weighted by atomic mass is 16.1. The lowest BCUT2D eigenvalue weighted by molar-refractivity contribution is -0.117. The highest BCUT2D eigenvalue weighted by molar-refractivity contribution is 5.81. The fourth-order valence-corrected chi connectivity index (χ4v) is 2.07. The van der Waals surface area contributed by atoms with E-state index in [4.69, 9.17) is 0 Å². The van der Waals surface area contributed by atoms with Gasteiger partial charge < -0.3 is 0 Å². The van der Waals surface area contributed by atoms with Crippen molar-refractivity contribution in [2.75, 3.05) is 7.05 Å². The summed E-state index contributed by atoms with van der Waals surface area (Å²) in [5.74, 6) is 0.433. The highest BCUT2D eigenvalue weighted by Gasteiger charge is 2.32. The van der Waals surface area contributed by atoms with Gasteiger partial charge in [-0.3, -0.25) is 9.69 Å². The van der Waals surface area contributed by atoms with Crippen LogP contribution in [-0.4, -0.2) is 29.8 Å². The van der Waals surface area contributed by atoms with Crippen molar-refractivity contribution in [3.8, 4) is 0 Å². The molecule has 1 aliphatic carbocycles. The van der Waals surface area contributed by atoms with E-state index in [-0.39, 0.29) is 0 Å². The molecule has 82 valence electrons. The smallest absolute Gasteiger partial charge is 0.134 e. The first-order chi connectivity index (χ1) is 6.32. The van der Waals surface area contributed by atoms with Crippen LogP contribution in [0.15, 0.2) is 0 Å². The number of ketones is 1. The van der Waals surface area contributed by atoms with Crippen molar-refractivity contribution in [1.82, 2.24) is 4.90 Å². The average molecular weight is 197 g/mol. The van der Waals surface area contributed by atoms with Crippen LogP contribution in [0.25, 0.3) is 0 Å². The lowest BCUT2D eigenvalue weighted by Gasteiger charge is -2.38. The van der Waals surface area contributed by atoms with E-state index < -0.39 is 0 Å². The Hall–Kier alpha value is -0.370. The van der Waals surface area contributed by atoms with Gasteiger partial charge in [0.05, 0.1) is 0 Å². The van der Waals surface area contributed by atoms with Crippen molar-refractivity contribution < 1.29 is 4.79 Å². The van der Waals surface area contributed by atoms with Crippen molar-refractivity contribution in [2.45, 2.75) is 59.0 Å². The van der Waals surface area contributed by atoms with Crippen LogP contribution in [0.2, 0.25) is 0 Å². The molecule has 0 aromatic carbocycles. The van der Waals surface area contributed by atoms with Crippen LogP contribution < -0.4 is 0 Å². The van der Waals surface area contributed by atoms with Gasteiger partial charge in [-0.05, 0) is 25.8 Å². The summed E-state index contributed by atoms with van der Waals surface area (Å²) in [7, 11) is 2.15. The van der Waals surface area contributed by atoms with E-state index in [0.29, 0.717) is 23.3 Å². The van der Waals surface area contributed by atoms with Gasteiger partial charge >= 0.3 is 0 Å². The van der Waals surface area contributed by atoms with Gasteiger partial charge in [0, 0.05) is 24.9 Å². The van der Waals surface area contributed by atoms with Crippen LogP contribution in [0.4, 0.5) is 0 Å². The van der Waals surface area contributed by atoms with Gasteiger partial charge in [-0.15, -0.1) is 0 Å². The Balaban J connectivity index is 2.57. The van der Waals surface area contributed by atoms with Crippen LogP contribution >= 0.6 is 0 Å². The molecule has 0 aromatic rings. The summed E-state index contributed by atoms with van der Waals surface area (Å²) >= 11 is 0. The fraction of sp³-hybridized carbons (Fsp3) is 0.917. The third-order valence-electron chi connectivity index (χ3n) is 3.66. The molecule has 0 aromatic heterocycles. The summed E-state index contributed by atoms with van der Waals surface area (Å²) in [6.45, 7) is 9.02. The number of carbonyl (C=O) groups excluding carboxylic acids is 1. The van der Waals surface area contributed by atoms with Gasteiger partial charge in [-0.1, -0.05) is 20.8 Å². The third-order valence-corrected chi connectivity index (χ3v) is 3.66. The van der Waals surface area contributed by atoms with E-state index >= 15 is 0 Å². The maximum atomic E-state index is 11.2. The lowest BCUT2D eigenvalue weighted by Crippen LogP contribution is -2.44. The zero-order chi connectivity index (χ0) is 10.9. The summed E-state index contributed by atoms with van der Waals surface area (Å²) < 4.78 is 0. The Labute approximate surface area is 87.7 Å². The molecule has 1 fully saturated rings. The number of hydrogen-bond donors (Lipinski definition) is 0. The first-order valence-corrected chi connectivity index (χ1v) is 5.56. The van der Waals surface area contributed by atoms with Crippen molar-refractivity contribution in [2.24, 2.45) is 5.41 Å². The predicted molar refractivity (Wildman–Crippen MR) is 59.3 cm³/mol. The summed E-state index contributed by atoms with van der Waals surface area (Å²) in [6.07, 6.45) is 2.60. The minimum atomic E-state index is 0.292. The van der Waals surface area contributed by atoms with Crippen LogP contribution in [0, 0.1) is 5.41 Å². The van der Waals surface area contributed by atoms with E-state index in [1.54, 1.807) is 0 Å². The van der Waals surface area contributed by atoms with Gasteiger partial charge in [0.25, 0.3) is 0 Å². The molecule has 14 heavy (non-hydrogen) atoms. The molecule has 0 saturated heterocycles. The monoisotopic (exact) mass is 197 g/mol. The van der Waals surface area contributed by atoms with E-state index in [1.165, 1.54) is 0 Å². The SMILES string of the molecule is CC(N(C)C1CCC(=O)C1)C(C)(C)C. The van der Waals surface area contributed by atoms with Gasteiger partial charge in [-0.25, -0.2) is 0 Å². The lowest BCUT2D eigenvalue weighted by atomic mass is 9.86. The average Bonchev–Trinajstić information content (AvgIpc) is 2.47. The molecule has 0 heterocycles. The Morgan fingerprint density at radius 3 is 2.36 bits per heavy atom. The van der Waals surface area contributed by atoms with Gasteiger partial charge in [0.2, 0.25) is 0 Å². The number of hydrogen-bond acceptors (Lipinski definition) is 2. The molecule has 2 nitrogen and oxygen atoms in total. The summed E-state index contributed by atoms with van der Waals surface area (Å²) in [5.41, 5.74) is 0.292. The van der Waals surface area contributed by atoms with Crippen LogP contribution in [0.5, 0.6) is 0 Å². The number of Topliss-reactive ketones (excluding diaryl/α,β-unsaturated/α-hetero) is 1. The summed E-state index contributed by atoms with van der Waals surface area (Å²) in [5, 5.41) is 0. The highest BCUT2D eigenvalue weighted by Crippen LogP contribution is 2.28. The predicted octanol–water partition coefficient (Wildman–Crippen LogP) is 2.47. The normalized spacial score (nSPS) is 25.9. The maximum absolute atomic E-state index is 11.2. The van der Waals surface area contributed by atoms with Crippen molar-refractivity contribution in [3.63, 3.8) is 0 Å². The van der Waals surface area contributed by atoms with Crippen LogP contribution in [0.1, 0.15) is 47.0 Å². The molecule has 2 unspecified atom stereocenters. The molecule has 0 amide bonds. The van der Waals surface area contributed by atoms with E-state index in [1.807, 2.05) is 0 Å². The summed E-state index contributed by atoms with van der Waals surface area (Å²) in [6, 6.07) is 1.01. The van der Waals surface area contributed by atoms with E-state index in [9.17, 15) is 4.79 Å². The third kappa shape index (κ3) is 2.57. The largest absolute Gasteiger partial charge is 0.300 e. The van der Waals surface area contributed by atoms with Gasteiger partial charge in [0.1, 0.15) is 5.78 Å². The van der Waals surface area contributed by atoms with Crippen LogP contribution in [0.3, 0.4) is 0 Å².